The van der Waals surface area contributed by atoms with Crippen LogP contribution >= 0.6 is 0 Å². The van der Waals surface area contributed by atoms with Crippen molar-refractivity contribution >= 4 is 11.9 Å². The molecule has 0 aliphatic carbocycles. The number of carboxylic acids is 2. The average molecular weight is 234 g/mol. The number of carbonyl (C=O) groups is 2. The van der Waals surface area contributed by atoms with Gasteiger partial charge in [0.1, 0.15) is 0 Å². The molecule has 0 fully saturated rings. The number of hydrogen-bond acceptors (Lipinski definition) is 5. The number of aliphatic hydroxyl groups excluding tert-OH is 1. The molecule has 0 spiro atoms. The summed E-state index contributed by atoms with van der Waals surface area (Å²) in [6, 6.07) is 0. The third kappa shape index (κ3) is 8.16. The van der Waals surface area contributed by atoms with E-state index in [0.29, 0.717) is 13.1 Å². The Hall–Kier alpha value is -1.18. The van der Waals surface area contributed by atoms with E-state index in [-0.39, 0.29) is 26.2 Å². The molecule has 0 rings (SSSR count). The molecule has 7 nitrogen and oxygen atoms in total. The predicted octanol–water partition coefficient (Wildman–Crippen LogP) is -1.62. The molecule has 0 amide bonds. The summed E-state index contributed by atoms with van der Waals surface area (Å²) in [4.78, 5) is 24.0. The van der Waals surface area contributed by atoms with Gasteiger partial charge in [0.25, 0.3) is 0 Å². The van der Waals surface area contributed by atoms with Gasteiger partial charge in [-0.2, -0.15) is 0 Å². The molecule has 0 radical (unpaired) electrons. The highest BCUT2D eigenvalue weighted by Crippen LogP contribution is 1.90. The number of aliphatic carboxylic acids is 2. The zero-order valence-corrected chi connectivity index (χ0v) is 9.30. The van der Waals surface area contributed by atoms with E-state index in [4.69, 9.17) is 15.3 Å². The molecular formula is C9H18N2O5. The van der Waals surface area contributed by atoms with Crippen molar-refractivity contribution in [2.24, 2.45) is 0 Å². The number of carboxylic acid groups (broad SMARTS) is 2. The first-order valence-electron chi connectivity index (χ1n) is 4.91. The monoisotopic (exact) mass is 234 g/mol. The van der Waals surface area contributed by atoms with Crippen LogP contribution in [-0.2, 0) is 9.59 Å². The number of nitrogens with zero attached hydrogens (tertiary/aromatic N) is 2. The SMILES string of the molecule is CN(CCN(CCO)CC(=O)O)CC(=O)O. The third-order valence-corrected chi connectivity index (χ3v) is 1.98. The molecule has 0 aliphatic rings. The lowest BCUT2D eigenvalue weighted by Gasteiger charge is -2.22. The summed E-state index contributed by atoms with van der Waals surface area (Å²) in [5, 5.41) is 25.8. The molecule has 0 bridgehead atoms. The van der Waals surface area contributed by atoms with Gasteiger partial charge in [0, 0.05) is 19.6 Å². The fraction of sp³-hybridized carbons (Fsp3) is 0.778. The van der Waals surface area contributed by atoms with Gasteiger partial charge in [-0.3, -0.25) is 19.4 Å². The van der Waals surface area contributed by atoms with E-state index in [9.17, 15) is 9.59 Å². The van der Waals surface area contributed by atoms with E-state index < -0.39 is 11.9 Å². The van der Waals surface area contributed by atoms with E-state index in [0.717, 1.165) is 0 Å². The van der Waals surface area contributed by atoms with Crippen LogP contribution in [0.2, 0.25) is 0 Å². The average Bonchev–Trinajstić information content (AvgIpc) is 2.12. The third-order valence-electron chi connectivity index (χ3n) is 1.98. The van der Waals surface area contributed by atoms with Gasteiger partial charge < -0.3 is 15.3 Å². The van der Waals surface area contributed by atoms with Gasteiger partial charge in [-0.25, -0.2) is 0 Å². The van der Waals surface area contributed by atoms with Crippen LogP contribution in [0.15, 0.2) is 0 Å². The quantitative estimate of drug-likeness (QED) is 0.441. The number of aliphatic hydroxyl groups is 1. The highest BCUT2D eigenvalue weighted by molar-refractivity contribution is 5.69. The number of rotatable bonds is 9. The summed E-state index contributed by atoms with van der Waals surface area (Å²) in [6.45, 7) is 0.779. The molecule has 0 aromatic carbocycles. The minimum atomic E-state index is -0.964. The molecule has 0 aromatic heterocycles. The van der Waals surface area contributed by atoms with E-state index in [1.165, 1.54) is 0 Å². The number of hydrogen-bond donors (Lipinski definition) is 3. The zero-order chi connectivity index (χ0) is 12.6. The smallest absolute Gasteiger partial charge is 0.317 e. The molecule has 0 aromatic rings. The molecule has 0 saturated heterocycles. The molecule has 16 heavy (non-hydrogen) atoms. The predicted molar refractivity (Wildman–Crippen MR) is 56.3 cm³/mol. The summed E-state index contributed by atoms with van der Waals surface area (Å²) in [7, 11) is 1.64. The lowest BCUT2D eigenvalue weighted by Crippen LogP contribution is -2.39. The van der Waals surface area contributed by atoms with Crippen molar-refractivity contribution < 1.29 is 24.9 Å². The van der Waals surface area contributed by atoms with Gasteiger partial charge in [-0.15, -0.1) is 0 Å². The van der Waals surface area contributed by atoms with Crippen molar-refractivity contribution in [3.63, 3.8) is 0 Å². The van der Waals surface area contributed by atoms with Crippen LogP contribution in [0.5, 0.6) is 0 Å². The minimum Gasteiger partial charge on any atom is -0.480 e. The van der Waals surface area contributed by atoms with E-state index >= 15 is 0 Å². The Bertz CT molecular complexity index is 234. The van der Waals surface area contributed by atoms with Crippen molar-refractivity contribution in [3.8, 4) is 0 Å². The molecule has 0 atom stereocenters. The Morgan fingerprint density at radius 1 is 1.00 bits per heavy atom. The van der Waals surface area contributed by atoms with Gasteiger partial charge >= 0.3 is 11.9 Å². The lowest BCUT2D eigenvalue weighted by atomic mass is 10.4. The van der Waals surface area contributed by atoms with Crippen LogP contribution in [0.1, 0.15) is 0 Å². The maximum absolute atomic E-state index is 10.5. The van der Waals surface area contributed by atoms with Crippen LogP contribution in [-0.4, -0.2) is 83.4 Å². The molecular weight excluding hydrogens is 216 g/mol. The first-order valence-corrected chi connectivity index (χ1v) is 4.91. The topological polar surface area (TPSA) is 101 Å². The lowest BCUT2D eigenvalue weighted by molar-refractivity contribution is -0.140. The Kier molecular flexibility index (Phi) is 7.44. The molecule has 0 heterocycles. The molecule has 3 N–H and O–H groups in total. The standard InChI is InChI=1S/C9H18N2O5/c1-10(6-8(13)14)2-3-11(4-5-12)7-9(15)16/h12H,2-7H2,1H3,(H,13,14)(H,15,16). The first-order chi connectivity index (χ1) is 7.45. The second-order valence-corrected chi connectivity index (χ2v) is 3.53. The van der Waals surface area contributed by atoms with Crippen molar-refractivity contribution in [1.82, 2.24) is 9.80 Å². The Balaban J connectivity index is 3.90. The van der Waals surface area contributed by atoms with Crippen LogP contribution in [0.4, 0.5) is 0 Å². The maximum atomic E-state index is 10.5. The molecule has 7 heteroatoms. The van der Waals surface area contributed by atoms with Crippen molar-refractivity contribution in [1.29, 1.82) is 0 Å². The molecule has 0 saturated carbocycles. The van der Waals surface area contributed by atoms with Crippen LogP contribution in [0.25, 0.3) is 0 Å². The molecule has 0 aliphatic heterocycles. The maximum Gasteiger partial charge on any atom is 0.317 e. The summed E-state index contributed by atoms with van der Waals surface area (Å²) in [6.07, 6.45) is 0. The highest BCUT2D eigenvalue weighted by atomic mass is 16.4. The van der Waals surface area contributed by atoms with Gasteiger partial charge in [0.15, 0.2) is 0 Å². The largest absolute Gasteiger partial charge is 0.480 e. The first kappa shape index (κ1) is 14.8. The highest BCUT2D eigenvalue weighted by Gasteiger charge is 2.11. The van der Waals surface area contributed by atoms with Crippen LogP contribution in [0.3, 0.4) is 0 Å². The van der Waals surface area contributed by atoms with Crippen LogP contribution in [0, 0.1) is 0 Å². The fourth-order valence-corrected chi connectivity index (χ4v) is 1.22. The molecule has 94 valence electrons. The Morgan fingerprint density at radius 3 is 2.00 bits per heavy atom. The van der Waals surface area contributed by atoms with Crippen molar-refractivity contribution in [2.45, 2.75) is 0 Å². The normalized spacial score (nSPS) is 11.0. The van der Waals surface area contributed by atoms with Gasteiger partial charge in [0.2, 0.25) is 0 Å². The Labute approximate surface area is 93.9 Å². The van der Waals surface area contributed by atoms with Gasteiger partial charge in [-0.05, 0) is 7.05 Å². The summed E-state index contributed by atoms with van der Waals surface area (Å²) in [5.74, 6) is -1.89. The number of likely N-dealkylation sites (N-methyl/N-ethyl adjacent to an activating group) is 1. The van der Waals surface area contributed by atoms with Crippen molar-refractivity contribution in [2.75, 3.05) is 46.4 Å². The van der Waals surface area contributed by atoms with E-state index in [1.807, 2.05) is 0 Å². The van der Waals surface area contributed by atoms with Crippen LogP contribution < -0.4 is 0 Å². The van der Waals surface area contributed by atoms with Gasteiger partial charge in [0.05, 0.1) is 19.7 Å². The summed E-state index contributed by atoms with van der Waals surface area (Å²) in [5.41, 5.74) is 0. The fourth-order valence-electron chi connectivity index (χ4n) is 1.22. The molecule has 0 unspecified atom stereocenters. The minimum absolute atomic E-state index is 0.0833. The van der Waals surface area contributed by atoms with Crippen molar-refractivity contribution in [3.05, 3.63) is 0 Å². The zero-order valence-electron chi connectivity index (χ0n) is 9.30. The second kappa shape index (κ2) is 8.03. The van der Waals surface area contributed by atoms with Gasteiger partial charge in [-0.1, -0.05) is 0 Å². The summed E-state index contributed by atoms with van der Waals surface area (Å²) < 4.78 is 0. The second-order valence-electron chi connectivity index (χ2n) is 3.53. The summed E-state index contributed by atoms with van der Waals surface area (Å²) >= 11 is 0. The van der Waals surface area contributed by atoms with E-state index in [2.05, 4.69) is 0 Å². The van der Waals surface area contributed by atoms with E-state index in [1.54, 1.807) is 16.8 Å². The Morgan fingerprint density at radius 2 is 1.56 bits per heavy atom.